The van der Waals surface area contributed by atoms with Gasteiger partial charge >= 0.3 is 5.69 Å². The van der Waals surface area contributed by atoms with E-state index in [0.29, 0.717) is 6.54 Å². The topological polar surface area (TPSA) is 47.8 Å². The van der Waals surface area contributed by atoms with Crippen LogP contribution in [0.3, 0.4) is 0 Å². The Hall–Kier alpha value is -1.92. The predicted octanol–water partition coefficient (Wildman–Crippen LogP) is 3.22. The van der Waals surface area contributed by atoms with Crippen molar-refractivity contribution in [1.29, 1.82) is 0 Å². The van der Waals surface area contributed by atoms with Gasteiger partial charge in [0.15, 0.2) is 0 Å². The van der Waals surface area contributed by atoms with E-state index in [9.17, 15) is 4.79 Å². The molecule has 3 heterocycles. The van der Waals surface area contributed by atoms with E-state index in [0.717, 1.165) is 33.5 Å². The van der Waals surface area contributed by atoms with Gasteiger partial charge in [0.1, 0.15) is 10.0 Å². The SMILES string of the molecule is O=c1nc(SCc2nccs2)cc2n1CCc1ccccc1-2. The van der Waals surface area contributed by atoms with Crippen LogP contribution < -0.4 is 5.69 Å². The van der Waals surface area contributed by atoms with Crippen LogP contribution in [0.4, 0.5) is 0 Å². The summed E-state index contributed by atoms with van der Waals surface area (Å²) in [4.78, 5) is 20.8. The number of fused-ring (bicyclic) bond motifs is 3. The van der Waals surface area contributed by atoms with E-state index in [1.165, 1.54) is 5.56 Å². The van der Waals surface area contributed by atoms with Crippen molar-refractivity contribution in [1.82, 2.24) is 14.5 Å². The highest BCUT2D eigenvalue weighted by Gasteiger charge is 2.18. The number of thiazole rings is 1. The fourth-order valence-corrected chi connectivity index (χ4v) is 4.21. The number of aromatic nitrogens is 3. The summed E-state index contributed by atoms with van der Waals surface area (Å²) in [5.74, 6) is 0.745. The molecule has 0 aliphatic carbocycles. The molecule has 0 saturated carbocycles. The molecule has 22 heavy (non-hydrogen) atoms. The van der Waals surface area contributed by atoms with E-state index in [1.807, 2.05) is 23.6 Å². The third kappa shape index (κ3) is 2.48. The summed E-state index contributed by atoms with van der Waals surface area (Å²) in [6, 6.07) is 10.3. The molecule has 110 valence electrons. The molecule has 3 aromatic rings. The highest BCUT2D eigenvalue weighted by molar-refractivity contribution is 7.98. The molecule has 1 aromatic carbocycles. The van der Waals surface area contributed by atoms with Gasteiger partial charge in [-0.1, -0.05) is 36.0 Å². The molecule has 1 aliphatic rings. The molecular weight excluding hydrogens is 314 g/mol. The average molecular weight is 327 g/mol. The van der Waals surface area contributed by atoms with E-state index in [-0.39, 0.29) is 5.69 Å². The van der Waals surface area contributed by atoms with E-state index in [4.69, 9.17) is 0 Å². The van der Waals surface area contributed by atoms with Gasteiger partial charge in [0.2, 0.25) is 0 Å². The second-order valence-electron chi connectivity index (χ2n) is 5.04. The molecule has 0 radical (unpaired) electrons. The summed E-state index contributed by atoms with van der Waals surface area (Å²) >= 11 is 3.18. The van der Waals surface area contributed by atoms with Crippen LogP contribution in [-0.4, -0.2) is 14.5 Å². The van der Waals surface area contributed by atoms with Gasteiger partial charge in [-0.2, -0.15) is 4.98 Å². The molecule has 4 nitrogen and oxygen atoms in total. The maximum absolute atomic E-state index is 12.3. The molecule has 4 rings (SSSR count). The fraction of sp³-hybridized carbons (Fsp3) is 0.188. The van der Waals surface area contributed by atoms with Gasteiger partial charge in [-0.05, 0) is 18.1 Å². The number of thioether (sulfide) groups is 1. The molecule has 0 atom stereocenters. The van der Waals surface area contributed by atoms with Gasteiger partial charge in [-0.15, -0.1) is 11.3 Å². The minimum absolute atomic E-state index is 0.159. The van der Waals surface area contributed by atoms with Crippen LogP contribution in [0.25, 0.3) is 11.3 Å². The van der Waals surface area contributed by atoms with Crippen molar-refractivity contribution in [3.05, 3.63) is 63.0 Å². The monoisotopic (exact) mass is 327 g/mol. The molecule has 0 fully saturated rings. The van der Waals surface area contributed by atoms with Crippen LogP contribution in [0.2, 0.25) is 0 Å². The Morgan fingerprint density at radius 3 is 3.09 bits per heavy atom. The first-order chi connectivity index (χ1) is 10.8. The largest absolute Gasteiger partial charge is 0.349 e. The van der Waals surface area contributed by atoms with Crippen LogP contribution in [0.15, 0.2) is 51.7 Å². The van der Waals surface area contributed by atoms with Crippen LogP contribution in [0, 0.1) is 0 Å². The lowest BCUT2D eigenvalue weighted by Gasteiger charge is -2.21. The summed E-state index contributed by atoms with van der Waals surface area (Å²) in [7, 11) is 0. The van der Waals surface area contributed by atoms with Gasteiger partial charge < -0.3 is 0 Å². The molecule has 0 bridgehead atoms. The number of hydrogen-bond donors (Lipinski definition) is 0. The number of aryl methyl sites for hydroxylation is 1. The van der Waals surface area contributed by atoms with Crippen molar-refractivity contribution in [2.45, 2.75) is 23.7 Å². The fourth-order valence-electron chi connectivity index (χ4n) is 2.68. The molecule has 0 saturated heterocycles. The molecule has 0 N–H and O–H groups in total. The van der Waals surface area contributed by atoms with Gasteiger partial charge in [0.25, 0.3) is 0 Å². The first-order valence-corrected chi connectivity index (χ1v) is 8.89. The summed E-state index contributed by atoms with van der Waals surface area (Å²) in [5, 5.41) is 3.77. The Bertz CT molecular complexity index is 871. The summed E-state index contributed by atoms with van der Waals surface area (Å²) < 4.78 is 1.77. The zero-order valence-corrected chi connectivity index (χ0v) is 13.4. The number of benzene rings is 1. The van der Waals surface area contributed by atoms with Crippen LogP contribution in [-0.2, 0) is 18.7 Å². The molecular formula is C16H13N3OS2. The Kier molecular flexibility index (Phi) is 3.56. The lowest BCUT2D eigenvalue weighted by atomic mass is 9.98. The second kappa shape index (κ2) is 5.70. The van der Waals surface area contributed by atoms with Crippen LogP contribution in [0.1, 0.15) is 10.6 Å². The molecule has 0 spiro atoms. The van der Waals surface area contributed by atoms with Gasteiger partial charge in [0, 0.05) is 23.7 Å². The van der Waals surface area contributed by atoms with E-state index < -0.39 is 0 Å². The lowest BCUT2D eigenvalue weighted by Crippen LogP contribution is -2.28. The minimum Gasteiger partial charge on any atom is -0.292 e. The third-order valence-corrected chi connectivity index (χ3v) is 5.60. The van der Waals surface area contributed by atoms with Crippen molar-refractivity contribution < 1.29 is 0 Å². The van der Waals surface area contributed by atoms with Gasteiger partial charge in [-0.25, -0.2) is 9.78 Å². The Morgan fingerprint density at radius 1 is 1.32 bits per heavy atom. The first-order valence-electron chi connectivity index (χ1n) is 7.02. The second-order valence-corrected chi connectivity index (χ2v) is 7.01. The Morgan fingerprint density at radius 2 is 2.23 bits per heavy atom. The van der Waals surface area contributed by atoms with Gasteiger partial charge in [-0.3, -0.25) is 4.57 Å². The third-order valence-electron chi connectivity index (χ3n) is 3.71. The average Bonchev–Trinajstić information content (AvgIpc) is 3.06. The van der Waals surface area contributed by atoms with Crippen molar-refractivity contribution in [2.75, 3.05) is 0 Å². The number of nitrogens with zero attached hydrogens (tertiary/aromatic N) is 3. The normalized spacial score (nSPS) is 12.7. The zero-order valence-electron chi connectivity index (χ0n) is 11.7. The van der Waals surface area contributed by atoms with Crippen molar-refractivity contribution in [2.24, 2.45) is 0 Å². The predicted molar refractivity (Wildman–Crippen MR) is 89.3 cm³/mol. The molecule has 0 unspecified atom stereocenters. The van der Waals surface area contributed by atoms with E-state index >= 15 is 0 Å². The maximum atomic E-state index is 12.3. The quantitative estimate of drug-likeness (QED) is 0.547. The van der Waals surface area contributed by atoms with Crippen molar-refractivity contribution in [3.63, 3.8) is 0 Å². The molecule has 0 amide bonds. The van der Waals surface area contributed by atoms with Gasteiger partial charge in [0.05, 0.1) is 11.4 Å². The maximum Gasteiger partial charge on any atom is 0.349 e. The Labute approximate surface area is 135 Å². The molecule has 6 heteroatoms. The molecule has 1 aliphatic heterocycles. The van der Waals surface area contributed by atoms with E-state index in [2.05, 4.69) is 22.1 Å². The number of rotatable bonds is 3. The van der Waals surface area contributed by atoms with E-state index in [1.54, 1.807) is 33.9 Å². The van der Waals surface area contributed by atoms with Crippen molar-refractivity contribution in [3.8, 4) is 11.3 Å². The highest BCUT2D eigenvalue weighted by Crippen LogP contribution is 2.30. The van der Waals surface area contributed by atoms with Crippen molar-refractivity contribution >= 4 is 23.1 Å². The minimum atomic E-state index is -0.159. The summed E-state index contributed by atoms with van der Waals surface area (Å²) in [6.45, 7) is 0.704. The summed E-state index contributed by atoms with van der Waals surface area (Å²) in [6.07, 6.45) is 2.68. The molecule has 2 aromatic heterocycles. The highest BCUT2D eigenvalue weighted by atomic mass is 32.2. The van der Waals surface area contributed by atoms with Crippen LogP contribution in [0.5, 0.6) is 0 Å². The standard InChI is InChI=1S/C16H13N3OS2/c20-16-18-14(22-10-15-17-6-8-21-15)9-13-12-4-2-1-3-11(12)5-7-19(13)16/h1-4,6,8-9H,5,7,10H2. The Balaban J connectivity index is 1.72. The smallest absolute Gasteiger partial charge is 0.292 e. The number of hydrogen-bond acceptors (Lipinski definition) is 5. The summed E-state index contributed by atoms with van der Waals surface area (Å²) in [5.41, 5.74) is 3.26. The van der Waals surface area contributed by atoms with Crippen LogP contribution >= 0.6 is 23.1 Å². The lowest BCUT2D eigenvalue weighted by molar-refractivity contribution is 0.630. The zero-order chi connectivity index (χ0) is 14.9. The first kappa shape index (κ1) is 13.7.